The second-order valence-electron chi connectivity index (χ2n) is 7.05. The molecule has 0 aromatic heterocycles. The van der Waals surface area contributed by atoms with Gasteiger partial charge in [0.1, 0.15) is 5.54 Å². The maximum atomic E-state index is 13.1. The number of amides is 3. The molecule has 3 heterocycles. The topological polar surface area (TPSA) is 78.5 Å². The lowest BCUT2D eigenvalue weighted by atomic mass is 9.76. The van der Waals surface area contributed by atoms with Gasteiger partial charge < -0.3 is 5.32 Å². The van der Waals surface area contributed by atoms with E-state index in [0.29, 0.717) is 12.1 Å². The van der Waals surface area contributed by atoms with E-state index in [4.69, 9.17) is 0 Å². The molecule has 0 unspecified atom stereocenters. The molecule has 1 aromatic rings. The molecular weight excluding hydrogens is 306 g/mol. The van der Waals surface area contributed by atoms with E-state index in [1.54, 1.807) is 0 Å². The van der Waals surface area contributed by atoms with Crippen molar-refractivity contribution >= 4 is 23.4 Å². The first kappa shape index (κ1) is 15.3. The van der Waals surface area contributed by atoms with Gasteiger partial charge in [-0.1, -0.05) is 25.1 Å². The van der Waals surface area contributed by atoms with E-state index in [-0.39, 0.29) is 29.8 Å². The van der Waals surface area contributed by atoms with Crippen molar-refractivity contribution in [2.45, 2.75) is 44.8 Å². The number of hydrogen-bond donors (Lipinski definition) is 2. The van der Waals surface area contributed by atoms with E-state index in [0.717, 1.165) is 5.56 Å². The van der Waals surface area contributed by atoms with Crippen molar-refractivity contribution in [3.8, 4) is 0 Å². The highest BCUT2D eigenvalue weighted by Gasteiger charge is 2.69. The summed E-state index contributed by atoms with van der Waals surface area (Å²) in [4.78, 5) is 40.3. The van der Waals surface area contributed by atoms with Crippen LogP contribution >= 0.6 is 0 Å². The summed E-state index contributed by atoms with van der Waals surface area (Å²) in [6.07, 6.45) is 0.703. The van der Waals surface area contributed by atoms with Crippen LogP contribution in [0.25, 0.3) is 0 Å². The summed E-state index contributed by atoms with van der Waals surface area (Å²) in [5.41, 5.74) is 0.335. The zero-order chi connectivity index (χ0) is 17.2. The molecule has 6 heteroatoms. The van der Waals surface area contributed by atoms with E-state index >= 15 is 0 Å². The molecule has 0 radical (unpaired) electrons. The predicted molar refractivity (Wildman–Crippen MR) is 87.9 cm³/mol. The number of likely N-dealkylation sites (tertiary alicyclic amines) is 1. The number of rotatable bonds is 2. The first-order valence-corrected chi connectivity index (χ1v) is 8.49. The number of hydrogen-bond acceptors (Lipinski definition) is 4. The van der Waals surface area contributed by atoms with Crippen LogP contribution in [0.3, 0.4) is 0 Å². The summed E-state index contributed by atoms with van der Waals surface area (Å²) in [5, 5.41) is 6.17. The van der Waals surface area contributed by atoms with Crippen molar-refractivity contribution in [2.75, 3.05) is 5.32 Å². The van der Waals surface area contributed by atoms with Crippen molar-refractivity contribution in [1.82, 2.24) is 10.2 Å². The highest BCUT2D eigenvalue weighted by atomic mass is 16.2. The fourth-order valence-corrected chi connectivity index (χ4v) is 4.56. The first-order valence-electron chi connectivity index (χ1n) is 8.49. The summed E-state index contributed by atoms with van der Waals surface area (Å²) < 4.78 is 0. The molecule has 0 saturated carbocycles. The third-order valence-electron chi connectivity index (χ3n) is 5.84. The van der Waals surface area contributed by atoms with E-state index in [9.17, 15) is 14.4 Å². The number of carbonyl (C=O) groups excluding carboxylic acids is 3. The summed E-state index contributed by atoms with van der Waals surface area (Å²) in [6.45, 7) is 5.71. The second kappa shape index (κ2) is 4.89. The van der Waals surface area contributed by atoms with Crippen molar-refractivity contribution in [3.63, 3.8) is 0 Å². The third-order valence-corrected chi connectivity index (χ3v) is 5.84. The molecule has 2 saturated heterocycles. The van der Waals surface area contributed by atoms with Crippen molar-refractivity contribution in [3.05, 3.63) is 29.8 Å². The van der Waals surface area contributed by atoms with Gasteiger partial charge in [0, 0.05) is 23.3 Å². The molecule has 3 aliphatic heterocycles. The Kier molecular flexibility index (Phi) is 3.12. The Bertz CT molecular complexity index is 762. The number of imide groups is 1. The SMILES string of the molecule is CC[C@@H](C)N1C(=O)[C@H]2[C@@H](C1=O)[C@]1(N[C@@H]2C)C(=O)Nc2ccccc21. The maximum absolute atomic E-state index is 13.1. The lowest BCUT2D eigenvalue weighted by Crippen LogP contribution is -2.53. The third kappa shape index (κ3) is 1.61. The van der Waals surface area contributed by atoms with Crippen LogP contribution in [0, 0.1) is 11.8 Å². The molecular formula is C18H21N3O3. The average molecular weight is 327 g/mol. The molecule has 3 amide bonds. The smallest absolute Gasteiger partial charge is 0.250 e. The zero-order valence-corrected chi connectivity index (χ0v) is 14.0. The minimum atomic E-state index is -1.14. The minimum Gasteiger partial charge on any atom is -0.324 e. The Hall–Kier alpha value is -2.21. The molecule has 0 bridgehead atoms. The van der Waals surface area contributed by atoms with Crippen LogP contribution in [0.2, 0.25) is 0 Å². The molecule has 3 aliphatic rings. The molecule has 5 atom stereocenters. The number of nitrogens with zero attached hydrogens (tertiary/aromatic N) is 1. The largest absolute Gasteiger partial charge is 0.324 e. The standard InChI is InChI=1S/C18H21N3O3/c1-4-9(2)21-15(22)13-10(3)20-18(14(13)16(21)23)11-7-5-6-8-12(11)19-17(18)24/h5-10,13-14,20H,4H2,1-3H3,(H,19,24)/t9-,10-,13-,14+,18+/m1/s1. The van der Waals surface area contributed by atoms with Gasteiger partial charge in [-0.05, 0) is 26.3 Å². The Morgan fingerprint density at radius 1 is 1.21 bits per heavy atom. The van der Waals surface area contributed by atoms with Crippen LogP contribution in [-0.2, 0) is 19.9 Å². The summed E-state index contributed by atoms with van der Waals surface area (Å²) in [5.74, 6) is -1.81. The lowest BCUT2D eigenvalue weighted by Gasteiger charge is -2.30. The fourth-order valence-electron chi connectivity index (χ4n) is 4.56. The number of nitrogens with one attached hydrogen (secondary N) is 2. The number of para-hydroxylation sites is 1. The molecule has 2 fully saturated rings. The maximum Gasteiger partial charge on any atom is 0.250 e. The van der Waals surface area contributed by atoms with Crippen LogP contribution in [0.1, 0.15) is 32.8 Å². The van der Waals surface area contributed by atoms with Gasteiger partial charge in [0.15, 0.2) is 0 Å². The van der Waals surface area contributed by atoms with Crippen LogP contribution in [0.4, 0.5) is 5.69 Å². The van der Waals surface area contributed by atoms with Gasteiger partial charge in [-0.25, -0.2) is 0 Å². The van der Waals surface area contributed by atoms with Crippen LogP contribution < -0.4 is 10.6 Å². The van der Waals surface area contributed by atoms with E-state index in [1.165, 1.54) is 4.90 Å². The van der Waals surface area contributed by atoms with Gasteiger partial charge in [0.25, 0.3) is 0 Å². The summed E-state index contributed by atoms with van der Waals surface area (Å²) >= 11 is 0. The Labute approximate surface area is 140 Å². The number of anilines is 1. The molecule has 2 N–H and O–H groups in total. The van der Waals surface area contributed by atoms with E-state index in [2.05, 4.69) is 10.6 Å². The highest BCUT2D eigenvalue weighted by molar-refractivity contribution is 6.15. The average Bonchev–Trinajstić information content (AvgIpc) is 3.12. The minimum absolute atomic E-state index is 0.153. The van der Waals surface area contributed by atoms with Crippen molar-refractivity contribution in [2.24, 2.45) is 11.8 Å². The number of benzene rings is 1. The van der Waals surface area contributed by atoms with Gasteiger partial charge in [0.05, 0.1) is 11.8 Å². The quantitative estimate of drug-likeness (QED) is 0.801. The molecule has 1 spiro atoms. The highest BCUT2D eigenvalue weighted by Crippen LogP contribution is 2.52. The normalized spacial score (nSPS) is 35.4. The Morgan fingerprint density at radius 2 is 1.92 bits per heavy atom. The molecule has 4 rings (SSSR count). The summed E-state index contributed by atoms with van der Waals surface area (Å²) in [7, 11) is 0. The van der Waals surface area contributed by atoms with Crippen LogP contribution in [0.15, 0.2) is 24.3 Å². The van der Waals surface area contributed by atoms with Gasteiger partial charge in [-0.2, -0.15) is 0 Å². The van der Waals surface area contributed by atoms with Gasteiger partial charge >= 0.3 is 0 Å². The van der Waals surface area contributed by atoms with Crippen LogP contribution in [0.5, 0.6) is 0 Å². The van der Waals surface area contributed by atoms with Crippen molar-refractivity contribution in [1.29, 1.82) is 0 Å². The first-order chi connectivity index (χ1) is 11.4. The number of carbonyl (C=O) groups is 3. The van der Waals surface area contributed by atoms with E-state index in [1.807, 2.05) is 45.0 Å². The Morgan fingerprint density at radius 3 is 2.62 bits per heavy atom. The fraction of sp³-hybridized carbons (Fsp3) is 0.500. The van der Waals surface area contributed by atoms with Crippen LogP contribution in [-0.4, -0.2) is 34.7 Å². The van der Waals surface area contributed by atoms with Gasteiger partial charge in [0.2, 0.25) is 17.7 Å². The van der Waals surface area contributed by atoms with Gasteiger partial charge in [-0.15, -0.1) is 0 Å². The molecule has 0 aliphatic carbocycles. The zero-order valence-electron chi connectivity index (χ0n) is 14.0. The molecule has 6 nitrogen and oxygen atoms in total. The molecule has 24 heavy (non-hydrogen) atoms. The monoisotopic (exact) mass is 327 g/mol. The van der Waals surface area contributed by atoms with E-state index < -0.39 is 17.4 Å². The Balaban J connectivity index is 1.88. The van der Waals surface area contributed by atoms with Gasteiger partial charge in [-0.3, -0.25) is 24.6 Å². The summed E-state index contributed by atoms with van der Waals surface area (Å²) in [6, 6.07) is 7.00. The predicted octanol–water partition coefficient (Wildman–Crippen LogP) is 1.23. The molecule has 1 aromatic carbocycles. The number of fused-ring (bicyclic) bond motifs is 4. The lowest BCUT2D eigenvalue weighted by molar-refractivity contribution is -0.145. The van der Waals surface area contributed by atoms with Crippen molar-refractivity contribution < 1.29 is 14.4 Å². The second-order valence-corrected chi connectivity index (χ2v) is 7.05. The molecule has 126 valence electrons.